The first-order chi connectivity index (χ1) is 9.28. The van der Waals surface area contributed by atoms with Crippen LogP contribution in [0.4, 0.5) is 0 Å². The number of sulfonamides is 1. The molecule has 2 aromatic rings. The Bertz CT molecular complexity index is 723. The van der Waals surface area contributed by atoms with Crippen LogP contribution in [0, 0.1) is 0 Å². The summed E-state index contributed by atoms with van der Waals surface area (Å²) in [6.45, 7) is 0.0480. The van der Waals surface area contributed by atoms with E-state index in [9.17, 15) is 8.42 Å². The van der Waals surface area contributed by atoms with Crippen molar-refractivity contribution in [3.63, 3.8) is 0 Å². The van der Waals surface area contributed by atoms with Crippen LogP contribution in [-0.4, -0.2) is 8.42 Å². The lowest BCUT2D eigenvalue weighted by atomic mass is 10.2. The zero-order chi connectivity index (χ0) is 14.9. The summed E-state index contributed by atoms with van der Waals surface area (Å²) in [6, 6.07) is 6.12. The lowest BCUT2D eigenvalue weighted by Crippen LogP contribution is -2.23. The van der Waals surface area contributed by atoms with Crippen LogP contribution in [0.1, 0.15) is 5.56 Å². The average molecular weight is 391 g/mol. The lowest BCUT2D eigenvalue weighted by Gasteiger charge is -2.06. The van der Waals surface area contributed by atoms with Crippen LogP contribution in [-0.2, 0) is 16.6 Å². The SMILES string of the molecule is O=S(=O)(NCc1cc(Cl)cc(Cl)c1)c1cc(Cl)sc1Cl. The molecule has 0 fully saturated rings. The fraction of sp³-hybridized carbons (Fsp3) is 0.0909. The smallest absolute Gasteiger partial charge is 0.207 e. The zero-order valence-corrected chi connectivity index (χ0v) is 14.3. The number of rotatable bonds is 4. The number of halogens is 4. The summed E-state index contributed by atoms with van der Waals surface area (Å²) in [5.41, 5.74) is 0.642. The minimum absolute atomic E-state index is 0.0395. The van der Waals surface area contributed by atoms with Crippen molar-refractivity contribution in [2.24, 2.45) is 0 Å². The normalized spacial score (nSPS) is 11.8. The molecule has 9 heteroatoms. The largest absolute Gasteiger partial charge is 0.243 e. The molecule has 0 saturated carbocycles. The monoisotopic (exact) mass is 389 g/mol. The van der Waals surface area contributed by atoms with Gasteiger partial charge in [-0.25, -0.2) is 13.1 Å². The van der Waals surface area contributed by atoms with Crippen LogP contribution in [0.25, 0.3) is 0 Å². The molecule has 0 saturated heterocycles. The van der Waals surface area contributed by atoms with Crippen LogP contribution in [0.3, 0.4) is 0 Å². The molecule has 0 atom stereocenters. The van der Waals surface area contributed by atoms with E-state index >= 15 is 0 Å². The number of nitrogens with one attached hydrogen (secondary N) is 1. The lowest BCUT2D eigenvalue weighted by molar-refractivity contribution is 0.582. The van der Waals surface area contributed by atoms with Gasteiger partial charge in [-0.1, -0.05) is 46.4 Å². The van der Waals surface area contributed by atoms with E-state index in [-0.39, 0.29) is 15.8 Å². The summed E-state index contributed by atoms with van der Waals surface area (Å²) < 4.78 is 27.0. The Kier molecular flexibility index (Phi) is 5.24. The molecule has 20 heavy (non-hydrogen) atoms. The van der Waals surface area contributed by atoms with Crippen molar-refractivity contribution in [2.45, 2.75) is 11.4 Å². The number of thiophene rings is 1. The first-order valence-corrected chi connectivity index (χ1v) is 8.98. The van der Waals surface area contributed by atoms with Gasteiger partial charge in [0.25, 0.3) is 0 Å². The second-order valence-corrected chi connectivity index (χ2v) is 8.68. The Morgan fingerprint density at radius 3 is 2.10 bits per heavy atom. The van der Waals surface area contributed by atoms with Crippen molar-refractivity contribution in [3.05, 3.63) is 48.5 Å². The number of benzene rings is 1. The van der Waals surface area contributed by atoms with E-state index in [1.807, 2.05) is 0 Å². The van der Waals surface area contributed by atoms with Gasteiger partial charge in [0.15, 0.2) is 0 Å². The molecule has 0 radical (unpaired) electrons. The highest BCUT2D eigenvalue weighted by Crippen LogP contribution is 2.34. The minimum Gasteiger partial charge on any atom is -0.207 e. The Labute approximate surface area is 140 Å². The van der Waals surface area contributed by atoms with E-state index in [0.717, 1.165) is 11.3 Å². The molecule has 0 aliphatic heterocycles. The first-order valence-electron chi connectivity index (χ1n) is 5.17. The van der Waals surface area contributed by atoms with Crippen molar-refractivity contribution < 1.29 is 8.42 Å². The van der Waals surface area contributed by atoms with Crippen molar-refractivity contribution in [2.75, 3.05) is 0 Å². The summed E-state index contributed by atoms with van der Waals surface area (Å²) >= 11 is 24.3. The first kappa shape index (κ1) is 16.4. The molecule has 1 aromatic carbocycles. The van der Waals surface area contributed by atoms with Gasteiger partial charge in [-0.3, -0.25) is 0 Å². The molecule has 1 aromatic heterocycles. The van der Waals surface area contributed by atoms with Gasteiger partial charge in [-0.2, -0.15) is 0 Å². The molecule has 0 spiro atoms. The summed E-state index contributed by atoms with van der Waals surface area (Å²) in [5.74, 6) is 0. The molecular formula is C11H7Cl4NO2S2. The van der Waals surface area contributed by atoms with Gasteiger partial charge >= 0.3 is 0 Å². The molecule has 2 rings (SSSR count). The van der Waals surface area contributed by atoms with E-state index in [1.165, 1.54) is 6.07 Å². The van der Waals surface area contributed by atoms with Crippen LogP contribution in [0.2, 0.25) is 18.7 Å². The molecule has 0 unspecified atom stereocenters. The van der Waals surface area contributed by atoms with E-state index < -0.39 is 10.0 Å². The third-order valence-electron chi connectivity index (χ3n) is 2.30. The van der Waals surface area contributed by atoms with Crippen LogP contribution in [0.15, 0.2) is 29.2 Å². The van der Waals surface area contributed by atoms with E-state index in [4.69, 9.17) is 46.4 Å². The molecule has 3 nitrogen and oxygen atoms in total. The van der Waals surface area contributed by atoms with Gasteiger partial charge in [0.1, 0.15) is 9.23 Å². The molecule has 108 valence electrons. The van der Waals surface area contributed by atoms with Gasteiger partial charge in [0.2, 0.25) is 10.0 Å². The summed E-state index contributed by atoms with van der Waals surface area (Å²) in [4.78, 5) is -0.0395. The van der Waals surface area contributed by atoms with Gasteiger partial charge in [-0.15, -0.1) is 11.3 Å². The average Bonchev–Trinajstić information content (AvgIpc) is 2.66. The molecular weight excluding hydrogens is 384 g/mol. The summed E-state index contributed by atoms with van der Waals surface area (Å²) in [6.07, 6.45) is 0. The van der Waals surface area contributed by atoms with Gasteiger partial charge in [0, 0.05) is 16.6 Å². The van der Waals surface area contributed by atoms with Gasteiger partial charge < -0.3 is 0 Å². The predicted octanol–water partition coefficient (Wildman–Crippen LogP) is 4.84. The van der Waals surface area contributed by atoms with Crippen LogP contribution < -0.4 is 4.72 Å². The van der Waals surface area contributed by atoms with Gasteiger partial charge in [-0.05, 0) is 29.8 Å². The summed E-state index contributed by atoms with van der Waals surface area (Å²) in [5, 5.41) is 0.867. The standard InChI is InChI=1S/C11H7Cl4NO2S2/c12-7-1-6(2-8(13)3-7)5-16-20(17,18)9-4-10(14)19-11(9)15/h1-4,16H,5H2. The highest BCUT2D eigenvalue weighted by molar-refractivity contribution is 7.89. The zero-order valence-electron chi connectivity index (χ0n) is 9.66. The van der Waals surface area contributed by atoms with E-state index in [2.05, 4.69) is 4.72 Å². The fourth-order valence-corrected chi connectivity index (χ4v) is 5.21. The van der Waals surface area contributed by atoms with Crippen molar-refractivity contribution in [3.8, 4) is 0 Å². The minimum atomic E-state index is -3.74. The van der Waals surface area contributed by atoms with Crippen LogP contribution in [0.5, 0.6) is 0 Å². The maximum absolute atomic E-state index is 12.1. The van der Waals surface area contributed by atoms with Crippen LogP contribution >= 0.6 is 57.7 Å². The van der Waals surface area contributed by atoms with Crippen molar-refractivity contribution >= 4 is 67.8 Å². The topological polar surface area (TPSA) is 46.2 Å². The maximum atomic E-state index is 12.1. The molecule has 1 N–H and O–H groups in total. The Morgan fingerprint density at radius 2 is 1.60 bits per heavy atom. The Hall–Kier alpha value is -0.0100. The second-order valence-electron chi connectivity index (χ2n) is 3.79. The molecule has 0 bridgehead atoms. The maximum Gasteiger partial charge on any atom is 0.243 e. The van der Waals surface area contributed by atoms with Gasteiger partial charge in [0.05, 0.1) is 4.34 Å². The number of hydrogen-bond donors (Lipinski definition) is 1. The van der Waals surface area contributed by atoms with Crippen molar-refractivity contribution in [1.29, 1.82) is 0 Å². The third-order valence-corrected chi connectivity index (χ3v) is 5.89. The fourth-order valence-electron chi connectivity index (χ4n) is 1.48. The molecule has 0 aliphatic rings. The van der Waals surface area contributed by atoms with E-state index in [1.54, 1.807) is 18.2 Å². The summed E-state index contributed by atoms with van der Waals surface area (Å²) in [7, 11) is -3.74. The third kappa shape index (κ3) is 4.01. The van der Waals surface area contributed by atoms with Crippen molar-refractivity contribution in [1.82, 2.24) is 4.72 Å². The Morgan fingerprint density at radius 1 is 1.00 bits per heavy atom. The highest BCUT2D eigenvalue weighted by atomic mass is 35.5. The Balaban J connectivity index is 2.19. The molecule has 0 amide bonds. The van der Waals surface area contributed by atoms with E-state index in [0.29, 0.717) is 19.9 Å². The highest BCUT2D eigenvalue weighted by Gasteiger charge is 2.20. The number of hydrogen-bond acceptors (Lipinski definition) is 3. The second kappa shape index (κ2) is 6.40. The predicted molar refractivity (Wildman–Crippen MR) is 84.8 cm³/mol. The molecule has 1 heterocycles. The molecule has 0 aliphatic carbocycles. The quantitative estimate of drug-likeness (QED) is 0.811.